The van der Waals surface area contributed by atoms with Crippen molar-refractivity contribution in [1.82, 2.24) is 24.6 Å². The molecule has 0 fully saturated rings. The number of para-hydroxylation sites is 2. The summed E-state index contributed by atoms with van der Waals surface area (Å²) < 4.78 is 16.8. The van der Waals surface area contributed by atoms with E-state index in [0.717, 1.165) is 16.9 Å². The SMILES string of the molecule is Cc1c(C(=O)NCCn2c(C)nc3ccccc32)cnn1-c1ccc(F)cc1. The molecule has 6 nitrogen and oxygen atoms in total. The fourth-order valence-electron chi connectivity index (χ4n) is 3.33. The number of carbonyl (C=O) groups excluding carboxylic acids is 1. The lowest BCUT2D eigenvalue weighted by molar-refractivity contribution is 0.0951. The molecule has 1 amide bonds. The summed E-state index contributed by atoms with van der Waals surface area (Å²) in [6.45, 7) is 4.88. The van der Waals surface area contributed by atoms with E-state index in [0.29, 0.717) is 30.0 Å². The predicted molar refractivity (Wildman–Crippen MR) is 105 cm³/mol. The zero-order valence-electron chi connectivity index (χ0n) is 15.7. The first-order chi connectivity index (χ1) is 13.5. The van der Waals surface area contributed by atoms with Gasteiger partial charge in [-0.1, -0.05) is 12.1 Å². The minimum absolute atomic E-state index is 0.187. The summed E-state index contributed by atoms with van der Waals surface area (Å²) in [4.78, 5) is 17.1. The van der Waals surface area contributed by atoms with Gasteiger partial charge in [0.25, 0.3) is 5.91 Å². The average Bonchev–Trinajstić information content (AvgIpc) is 3.22. The quantitative estimate of drug-likeness (QED) is 0.580. The van der Waals surface area contributed by atoms with Gasteiger partial charge in [-0.15, -0.1) is 0 Å². The number of rotatable bonds is 5. The van der Waals surface area contributed by atoms with E-state index < -0.39 is 0 Å². The molecule has 0 spiro atoms. The van der Waals surface area contributed by atoms with Gasteiger partial charge in [-0.25, -0.2) is 14.1 Å². The monoisotopic (exact) mass is 377 g/mol. The van der Waals surface area contributed by atoms with Crippen LogP contribution < -0.4 is 5.32 Å². The maximum Gasteiger partial charge on any atom is 0.254 e. The summed E-state index contributed by atoms with van der Waals surface area (Å²) in [6, 6.07) is 13.9. The van der Waals surface area contributed by atoms with Crippen molar-refractivity contribution < 1.29 is 9.18 Å². The van der Waals surface area contributed by atoms with Crippen LogP contribution in [-0.4, -0.2) is 31.8 Å². The highest BCUT2D eigenvalue weighted by Gasteiger charge is 2.15. The number of halogens is 1. The molecule has 0 aliphatic heterocycles. The highest BCUT2D eigenvalue weighted by molar-refractivity contribution is 5.95. The van der Waals surface area contributed by atoms with Gasteiger partial charge in [0, 0.05) is 13.1 Å². The van der Waals surface area contributed by atoms with E-state index in [4.69, 9.17) is 0 Å². The minimum atomic E-state index is -0.311. The predicted octanol–water partition coefficient (Wildman–Crippen LogP) is 3.41. The topological polar surface area (TPSA) is 64.7 Å². The third kappa shape index (κ3) is 3.26. The van der Waals surface area contributed by atoms with Crippen molar-refractivity contribution in [1.29, 1.82) is 0 Å². The van der Waals surface area contributed by atoms with Crippen LogP contribution >= 0.6 is 0 Å². The molecule has 2 aromatic heterocycles. The Hall–Kier alpha value is -3.48. The van der Waals surface area contributed by atoms with E-state index in [1.54, 1.807) is 16.8 Å². The standard InChI is InChI=1S/C21H20FN5O/c1-14-18(13-24-27(14)17-9-7-16(22)8-10-17)21(28)23-11-12-26-15(2)25-19-5-3-4-6-20(19)26/h3-10,13H,11-12H2,1-2H3,(H,23,28). The Kier molecular flexibility index (Phi) is 4.65. The number of carbonyl (C=O) groups is 1. The molecule has 2 aromatic carbocycles. The maximum absolute atomic E-state index is 13.1. The van der Waals surface area contributed by atoms with Gasteiger partial charge < -0.3 is 9.88 Å². The van der Waals surface area contributed by atoms with Crippen molar-refractivity contribution in [3.8, 4) is 5.69 Å². The molecule has 1 N–H and O–H groups in total. The number of imidazole rings is 1. The lowest BCUT2D eigenvalue weighted by Crippen LogP contribution is -2.27. The Balaban J connectivity index is 1.46. The molecular formula is C21H20FN5O. The molecule has 4 aromatic rings. The smallest absolute Gasteiger partial charge is 0.254 e. The van der Waals surface area contributed by atoms with Crippen LogP contribution in [0, 0.1) is 19.7 Å². The van der Waals surface area contributed by atoms with Crippen molar-refractivity contribution in [2.45, 2.75) is 20.4 Å². The molecule has 0 aliphatic rings. The van der Waals surface area contributed by atoms with Gasteiger partial charge in [0.1, 0.15) is 11.6 Å². The van der Waals surface area contributed by atoms with Gasteiger partial charge in [0.05, 0.1) is 34.2 Å². The average molecular weight is 377 g/mol. The van der Waals surface area contributed by atoms with Crippen molar-refractivity contribution in [2.24, 2.45) is 0 Å². The van der Waals surface area contributed by atoms with Gasteiger partial charge in [0.15, 0.2) is 0 Å². The zero-order chi connectivity index (χ0) is 19.7. The first-order valence-electron chi connectivity index (χ1n) is 9.05. The summed E-state index contributed by atoms with van der Waals surface area (Å²) in [6.07, 6.45) is 1.53. The second kappa shape index (κ2) is 7.26. The Morgan fingerprint density at radius 1 is 1.11 bits per heavy atom. The van der Waals surface area contributed by atoms with Crippen molar-refractivity contribution in [3.63, 3.8) is 0 Å². The first-order valence-corrected chi connectivity index (χ1v) is 9.05. The molecule has 28 heavy (non-hydrogen) atoms. The zero-order valence-corrected chi connectivity index (χ0v) is 15.7. The van der Waals surface area contributed by atoms with Crippen LogP contribution in [0.25, 0.3) is 16.7 Å². The van der Waals surface area contributed by atoms with Crippen LogP contribution in [-0.2, 0) is 6.54 Å². The van der Waals surface area contributed by atoms with Crippen LogP contribution in [0.4, 0.5) is 4.39 Å². The number of nitrogens with zero attached hydrogens (tertiary/aromatic N) is 4. The first kappa shape index (κ1) is 17.9. The molecule has 142 valence electrons. The lowest BCUT2D eigenvalue weighted by atomic mass is 10.2. The molecule has 0 radical (unpaired) electrons. The highest BCUT2D eigenvalue weighted by atomic mass is 19.1. The van der Waals surface area contributed by atoms with E-state index in [-0.39, 0.29) is 11.7 Å². The molecule has 7 heteroatoms. The van der Waals surface area contributed by atoms with Crippen LogP contribution in [0.3, 0.4) is 0 Å². The normalized spacial score (nSPS) is 11.1. The summed E-state index contributed by atoms with van der Waals surface area (Å²) in [5.74, 6) is 0.414. The van der Waals surface area contributed by atoms with Crippen LogP contribution in [0.1, 0.15) is 21.9 Å². The molecule has 0 saturated heterocycles. The third-order valence-corrected chi connectivity index (χ3v) is 4.79. The largest absolute Gasteiger partial charge is 0.350 e. The van der Waals surface area contributed by atoms with Crippen molar-refractivity contribution in [3.05, 3.63) is 77.6 Å². The molecule has 0 aliphatic carbocycles. The van der Waals surface area contributed by atoms with E-state index in [9.17, 15) is 9.18 Å². The number of hydrogen-bond acceptors (Lipinski definition) is 3. The Bertz CT molecular complexity index is 1140. The number of amides is 1. The number of fused-ring (bicyclic) bond motifs is 1. The second-order valence-corrected chi connectivity index (χ2v) is 6.59. The molecular weight excluding hydrogens is 357 g/mol. The molecule has 0 saturated carbocycles. The van der Waals surface area contributed by atoms with E-state index in [2.05, 4.69) is 20.0 Å². The second-order valence-electron chi connectivity index (χ2n) is 6.59. The Labute approximate surface area is 161 Å². The highest BCUT2D eigenvalue weighted by Crippen LogP contribution is 2.16. The fourth-order valence-corrected chi connectivity index (χ4v) is 3.33. The van der Waals surface area contributed by atoms with Gasteiger partial charge in [-0.3, -0.25) is 4.79 Å². The Morgan fingerprint density at radius 3 is 2.64 bits per heavy atom. The maximum atomic E-state index is 13.1. The van der Waals surface area contributed by atoms with Gasteiger partial charge in [-0.05, 0) is 50.2 Å². The molecule has 0 atom stereocenters. The van der Waals surface area contributed by atoms with Crippen LogP contribution in [0.2, 0.25) is 0 Å². The van der Waals surface area contributed by atoms with Crippen molar-refractivity contribution in [2.75, 3.05) is 6.54 Å². The summed E-state index contributed by atoms with van der Waals surface area (Å²) in [5, 5.41) is 7.21. The van der Waals surface area contributed by atoms with Gasteiger partial charge in [-0.2, -0.15) is 5.10 Å². The number of hydrogen-bond donors (Lipinski definition) is 1. The fraction of sp³-hybridized carbons (Fsp3) is 0.190. The number of aromatic nitrogens is 4. The van der Waals surface area contributed by atoms with Crippen LogP contribution in [0.5, 0.6) is 0 Å². The van der Waals surface area contributed by atoms with Crippen molar-refractivity contribution >= 4 is 16.9 Å². The summed E-state index contributed by atoms with van der Waals surface area (Å²) in [5.41, 5.74) is 3.90. The lowest BCUT2D eigenvalue weighted by Gasteiger charge is -2.09. The number of aryl methyl sites for hydroxylation is 1. The van der Waals surface area contributed by atoms with Crippen LogP contribution in [0.15, 0.2) is 54.7 Å². The van der Waals surface area contributed by atoms with Gasteiger partial charge in [0.2, 0.25) is 0 Å². The molecule has 0 unspecified atom stereocenters. The molecule has 2 heterocycles. The summed E-state index contributed by atoms with van der Waals surface area (Å²) in [7, 11) is 0. The molecule has 4 rings (SSSR count). The summed E-state index contributed by atoms with van der Waals surface area (Å²) >= 11 is 0. The number of nitrogens with one attached hydrogen (secondary N) is 1. The molecule has 0 bridgehead atoms. The van der Waals surface area contributed by atoms with Gasteiger partial charge >= 0.3 is 0 Å². The van der Waals surface area contributed by atoms with E-state index in [1.165, 1.54) is 18.3 Å². The van der Waals surface area contributed by atoms with E-state index >= 15 is 0 Å². The van der Waals surface area contributed by atoms with E-state index in [1.807, 2.05) is 38.1 Å². The minimum Gasteiger partial charge on any atom is -0.350 e. The third-order valence-electron chi connectivity index (χ3n) is 4.79. The number of benzene rings is 2. The Morgan fingerprint density at radius 2 is 1.86 bits per heavy atom.